The number of hydrogen-bond donors (Lipinski definition) is 1. The Balaban J connectivity index is 2.08. The highest BCUT2D eigenvalue weighted by atomic mass is 15.3. The number of nitrogens with zero attached hydrogens (tertiary/aromatic N) is 4. The molecular formula is C13H15N5. The second-order valence-corrected chi connectivity index (χ2v) is 4.31. The average molecular weight is 241 g/mol. The summed E-state index contributed by atoms with van der Waals surface area (Å²) in [6.45, 7) is 1.76. The van der Waals surface area contributed by atoms with E-state index in [2.05, 4.69) is 27.1 Å². The van der Waals surface area contributed by atoms with Crippen molar-refractivity contribution >= 4 is 17.8 Å². The number of anilines is 2. The topological polar surface area (TPSA) is 59.4 Å². The molecule has 0 amide bonds. The fraction of sp³-hybridized carbons (Fsp3) is 0.231. The van der Waals surface area contributed by atoms with Gasteiger partial charge in [0.05, 0.1) is 24.3 Å². The van der Waals surface area contributed by atoms with Crippen molar-refractivity contribution in [1.82, 2.24) is 9.78 Å². The molecule has 0 saturated heterocycles. The fourth-order valence-corrected chi connectivity index (χ4v) is 2.12. The quantitative estimate of drug-likeness (QED) is 0.867. The van der Waals surface area contributed by atoms with Crippen LogP contribution in [0.15, 0.2) is 35.3 Å². The molecule has 5 heteroatoms. The van der Waals surface area contributed by atoms with Crippen LogP contribution in [0.3, 0.4) is 0 Å². The van der Waals surface area contributed by atoms with Gasteiger partial charge in [-0.05, 0) is 6.07 Å². The van der Waals surface area contributed by atoms with Gasteiger partial charge in [0.25, 0.3) is 0 Å². The normalized spacial score (nSPS) is 14.4. The molecule has 0 aliphatic carbocycles. The first kappa shape index (κ1) is 10.8. The van der Waals surface area contributed by atoms with E-state index in [0.717, 1.165) is 30.0 Å². The Bertz CT molecular complexity index is 580. The van der Waals surface area contributed by atoms with Crippen LogP contribution in [0.1, 0.15) is 0 Å². The van der Waals surface area contributed by atoms with Crippen LogP contribution in [-0.2, 0) is 7.05 Å². The van der Waals surface area contributed by atoms with Gasteiger partial charge in [0, 0.05) is 25.2 Å². The van der Waals surface area contributed by atoms with Gasteiger partial charge in [0.1, 0.15) is 5.82 Å². The van der Waals surface area contributed by atoms with Crippen LogP contribution in [0.25, 0.3) is 11.3 Å². The van der Waals surface area contributed by atoms with E-state index in [-0.39, 0.29) is 0 Å². The van der Waals surface area contributed by atoms with E-state index in [1.165, 1.54) is 0 Å². The van der Waals surface area contributed by atoms with Crippen LogP contribution >= 0.6 is 0 Å². The van der Waals surface area contributed by atoms with Gasteiger partial charge < -0.3 is 10.6 Å². The zero-order chi connectivity index (χ0) is 12.5. The molecule has 0 atom stereocenters. The third kappa shape index (κ3) is 1.73. The maximum atomic E-state index is 5.84. The predicted molar refractivity (Wildman–Crippen MR) is 73.8 cm³/mol. The maximum Gasteiger partial charge on any atom is 0.121 e. The Morgan fingerprint density at radius 2 is 2.11 bits per heavy atom. The zero-order valence-corrected chi connectivity index (χ0v) is 10.2. The summed E-state index contributed by atoms with van der Waals surface area (Å²) in [6, 6.07) is 10.1. The van der Waals surface area contributed by atoms with Crippen molar-refractivity contribution in [3.05, 3.63) is 30.3 Å². The number of nitrogens with two attached hydrogens (primary N) is 1. The lowest BCUT2D eigenvalue weighted by Crippen LogP contribution is -2.18. The van der Waals surface area contributed by atoms with Gasteiger partial charge in [-0.2, -0.15) is 5.10 Å². The number of aliphatic imine (C=N–C) groups is 1. The molecule has 3 rings (SSSR count). The molecule has 92 valence electrons. The van der Waals surface area contributed by atoms with E-state index in [1.54, 1.807) is 4.68 Å². The molecule has 1 aromatic carbocycles. The molecule has 0 saturated carbocycles. The number of rotatable bonds is 2. The highest BCUT2D eigenvalue weighted by Crippen LogP contribution is 2.30. The molecule has 1 aliphatic rings. The van der Waals surface area contributed by atoms with E-state index >= 15 is 0 Å². The van der Waals surface area contributed by atoms with Gasteiger partial charge in [-0.1, -0.05) is 18.2 Å². The van der Waals surface area contributed by atoms with Crippen LogP contribution < -0.4 is 10.6 Å². The zero-order valence-electron chi connectivity index (χ0n) is 10.2. The third-order valence-corrected chi connectivity index (χ3v) is 3.10. The van der Waals surface area contributed by atoms with Crippen LogP contribution in [0.4, 0.5) is 11.5 Å². The first-order valence-corrected chi connectivity index (χ1v) is 5.91. The summed E-state index contributed by atoms with van der Waals surface area (Å²) in [6.07, 6.45) is 1.88. The van der Waals surface area contributed by atoms with Crippen molar-refractivity contribution in [3.63, 3.8) is 0 Å². The average Bonchev–Trinajstić information content (AvgIpc) is 3.01. The Kier molecular flexibility index (Phi) is 2.51. The molecule has 5 nitrogen and oxygen atoms in total. The molecule has 0 unspecified atom stereocenters. The Labute approximate surface area is 106 Å². The Hall–Kier alpha value is -2.30. The number of aryl methyl sites for hydroxylation is 1. The maximum absolute atomic E-state index is 5.84. The van der Waals surface area contributed by atoms with Crippen LogP contribution in [0.2, 0.25) is 0 Å². The number of benzene rings is 1. The monoisotopic (exact) mass is 241 g/mol. The van der Waals surface area contributed by atoms with Crippen molar-refractivity contribution in [1.29, 1.82) is 0 Å². The van der Waals surface area contributed by atoms with Crippen LogP contribution in [0.5, 0.6) is 0 Å². The first-order chi connectivity index (χ1) is 8.75. The highest BCUT2D eigenvalue weighted by molar-refractivity contribution is 5.89. The van der Waals surface area contributed by atoms with E-state index < -0.39 is 0 Å². The molecule has 0 spiro atoms. The smallest absolute Gasteiger partial charge is 0.121 e. The largest absolute Gasteiger partial charge is 0.384 e. The number of aromatic nitrogens is 2. The molecule has 0 radical (unpaired) electrons. The molecule has 0 bridgehead atoms. The van der Waals surface area contributed by atoms with Gasteiger partial charge in [0.2, 0.25) is 0 Å². The van der Waals surface area contributed by atoms with Crippen molar-refractivity contribution in [2.75, 3.05) is 23.7 Å². The Morgan fingerprint density at radius 3 is 2.78 bits per heavy atom. The number of hydrogen-bond acceptors (Lipinski definition) is 4. The van der Waals surface area contributed by atoms with Crippen LogP contribution in [0, 0.1) is 0 Å². The number of nitrogen functional groups attached to an aromatic ring is 1. The number of para-hydroxylation sites is 1. The summed E-state index contributed by atoms with van der Waals surface area (Å²) in [5.74, 6) is 0.662. The fourth-order valence-electron chi connectivity index (χ4n) is 2.12. The third-order valence-electron chi connectivity index (χ3n) is 3.10. The van der Waals surface area contributed by atoms with Gasteiger partial charge in [-0.3, -0.25) is 9.67 Å². The summed E-state index contributed by atoms with van der Waals surface area (Å²) >= 11 is 0. The van der Waals surface area contributed by atoms with Gasteiger partial charge in [-0.15, -0.1) is 0 Å². The minimum Gasteiger partial charge on any atom is -0.384 e. The first-order valence-electron chi connectivity index (χ1n) is 5.91. The molecular weight excluding hydrogens is 226 g/mol. The summed E-state index contributed by atoms with van der Waals surface area (Å²) < 4.78 is 1.68. The minimum absolute atomic E-state index is 0.662. The van der Waals surface area contributed by atoms with E-state index in [4.69, 9.17) is 5.73 Å². The molecule has 2 aromatic rings. The summed E-state index contributed by atoms with van der Waals surface area (Å²) in [4.78, 5) is 6.39. The summed E-state index contributed by atoms with van der Waals surface area (Å²) in [5.41, 5.74) is 8.94. The van der Waals surface area contributed by atoms with Crippen molar-refractivity contribution in [2.45, 2.75) is 0 Å². The predicted octanol–water partition coefficient (Wildman–Crippen LogP) is 1.52. The van der Waals surface area contributed by atoms with Crippen molar-refractivity contribution < 1.29 is 0 Å². The van der Waals surface area contributed by atoms with E-state index in [1.807, 2.05) is 31.6 Å². The second-order valence-electron chi connectivity index (χ2n) is 4.31. The molecule has 0 fully saturated rings. The standard InChI is InChI=1S/C13H15N5/c1-17-13(14)8-11(16-17)10-4-2-3-5-12(10)18-7-6-15-9-18/h2-5,8-9H,6-7,14H2,1H3. The molecule has 18 heavy (non-hydrogen) atoms. The highest BCUT2D eigenvalue weighted by Gasteiger charge is 2.15. The Morgan fingerprint density at radius 1 is 1.28 bits per heavy atom. The van der Waals surface area contributed by atoms with E-state index in [0.29, 0.717) is 5.82 Å². The van der Waals surface area contributed by atoms with E-state index in [9.17, 15) is 0 Å². The lowest BCUT2D eigenvalue weighted by Gasteiger charge is -2.17. The molecule has 2 heterocycles. The molecule has 2 N–H and O–H groups in total. The molecule has 1 aliphatic heterocycles. The summed E-state index contributed by atoms with van der Waals surface area (Å²) in [5, 5.41) is 4.43. The van der Waals surface area contributed by atoms with Gasteiger partial charge in [0.15, 0.2) is 0 Å². The SMILES string of the molecule is Cn1nc(-c2ccccc2N2C=NCC2)cc1N. The van der Waals surface area contributed by atoms with Gasteiger partial charge in [-0.25, -0.2) is 0 Å². The van der Waals surface area contributed by atoms with Crippen molar-refractivity contribution in [3.8, 4) is 11.3 Å². The minimum atomic E-state index is 0.662. The molecule has 1 aromatic heterocycles. The lowest BCUT2D eigenvalue weighted by atomic mass is 10.1. The van der Waals surface area contributed by atoms with Crippen molar-refractivity contribution in [2.24, 2.45) is 12.0 Å². The van der Waals surface area contributed by atoms with Crippen LogP contribution in [-0.4, -0.2) is 29.2 Å². The van der Waals surface area contributed by atoms with Gasteiger partial charge >= 0.3 is 0 Å². The summed E-state index contributed by atoms with van der Waals surface area (Å²) in [7, 11) is 1.85. The second kappa shape index (κ2) is 4.18. The lowest BCUT2D eigenvalue weighted by molar-refractivity contribution is 0.782.